The van der Waals surface area contributed by atoms with Gasteiger partial charge in [-0.3, -0.25) is 0 Å². The van der Waals surface area contributed by atoms with Gasteiger partial charge >= 0.3 is 12.3 Å². The Morgan fingerprint density at radius 3 is 2.62 bits per heavy atom. The second-order valence-electron chi connectivity index (χ2n) is 4.89. The van der Waals surface area contributed by atoms with Gasteiger partial charge < -0.3 is 10.5 Å². The lowest BCUT2D eigenvalue weighted by atomic mass is 10.00. The largest absolute Gasteiger partial charge is 0.442 e. The minimum atomic E-state index is -4.63. The Balaban J connectivity index is 2.11. The Labute approximate surface area is 134 Å². The number of carbonyl (C=O) groups excluding carboxylic acids is 1. The third-order valence-corrected chi connectivity index (χ3v) is 3.30. The molecule has 124 valence electrons. The summed E-state index contributed by atoms with van der Waals surface area (Å²) in [5.74, 6) is 0.203. The Hall–Kier alpha value is -3.10. The summed E-state index contributed by atoms with van der Waals surface area (Å²) < 4.78 is 45.0. The second kappa shape index (κ2) is 5.84. The number of halogens is 3. The summed E-state index contributed by atoms with van der Waals surface area (Å²) in [4.78, 5) is 15.4. The average molecular weight is 336 g/mol. The molecular weight excluding hydrogens is 325 g/mol. The number of rotatable bonds is 2. The number of amides is 1. The van der Waals surface area contributed by atoms with Crippen LogP contribution in [0.15, 0.2) is 41.6 Å². The van der Waals surface area contributed by atoms with Crippen molar-refractivity contribution in [2.75, 3.05) is 17.3 Å². The maximum Gasteiger partial charge on any atom is 0.435 e. The van der Waals surface area contributed by atoms with Crippen LogP contribution in [0.3, 0.4) is 0 Å². The molecule has 0 atom stereocenters. The SMILES string of the molecule is Nc1ccc(-c2ccc(N3N=CCOC3=O)cc2C(F)(F)F)cn1. The van der Waals surface area contributed by atoms with Gasteiger partial charge in [0, 0.05) is 11.8 Å². The number of cyclic esters (lactones) is 1. The van der Waals surface area contributed by atoms with Crippen LogP contribution in [0.4, 0.5) is 29.5 Å². The molecule has 1 aliphatic heterocycles. The van der Waals surface area contributed by atoms with Crippen LogP contribution in [0.1, 0.15) is 5.56 Å². The summed E-state index contributed by atoms with van der Waals surface area (Å²) in [6.07, 6.45) is -2.93. The summed E-state index contributed by atoms with van der Waals surface area (Å²) in [7, 11) is 0. The van der Waals surface area contributed by atoms with Crippen LogP contribution in [-0.4, -0.2) is 23.9 Å². The normalized spacial score (nSPS) is 14.6. The van der Waals surface area contributed by atoms with Gasteiger partial charge in [0.2, 0.25) is 0 Å². The number of pyridine rings is 1. The molecule has 9 heteroatoms. The van der Waals surface area contributed by atoms with Crippen molar-refractivity contribution in [2.45, 2.75) is 6.18 Å². The fourth-order valence-corrected chi connectivity index (χ4v) is 2.22. The highest BCUT2D eigenvalue weighted by atomic mass is 19.4. The molecule has 2 heterocycles. The molecular formula is C15H11F3N4O2. The van der Waals surface area contributed by atoms with E-state index in [1.54, 1.807) is 0 Å². The molecule has 6 nitrogen and oxygen atoms in total. The molecule has 0 spiro atoms. The zero-order valence-corrected chi connectivity index (χ0v) is 12.1. The van der Waals surface area contributed by atoms with Crippen molar-refractivity contribution in [3.63, 3.8) is 0 Å². The van der Waals surface area contributed by atoms with Crippen molar-refractivity contribution in [2.24, 2.45) is 5.10 Å². The van der Waals surface area contributed by atoms with E-state index in [-0.39, 0.29) is 29.2 Å². The minimum absolute atomic E-state index is 0.0172. The van der Waals surface area contributed by atoms with E-state index in [1.807, 2.05) is 0 Å². The van der Waals surface area contributed by atoms with Crippen LogP contribution in [0.5, 0.6) is 0 Å². The molecule has 0 radical (unpaired) electrons. The maximum absolute atomic E-state index is 13.4. The lowest BCUT2D eigenvalue weighted by Crippen LogP contribution is -2.31. The minimum Gasteiger partial charge on any atom is -0.442 e. The Morgan fingerprint density at radius 2 is 2.00 bits per heavy atom. The summed E-state index contributed by atoms with van der Waals surface area (Å²) in [6, 6.07) is 6.30. The molecule has 0 fully saturated rings. The standard InChI is InChI=1S/C15H11F3N4O2/c16-15(17,18)12-7-10(22-14(23)24-6-5-21-22)2-3-11(12)9-1-4-13(19)20-8-9/h1-5,7-8H,6H2,(H2,19,20). The van der Waals surface area contributed by atoms with Gasteiger partial charge in [-0.25, -0.2) is 9.78 Å². The molecule has 2 aromatic rings. The zero-order valence-electron chi connectivity index (χ0n) is 12.1. The number of aromatic nitrogens is 1. The molecule has 0 saturated heterocycles. The van der Waals surface area contributed by atoms with Gasteiger partial charge in [-0.2, -0.15) is 23.3 Å². The smallest absolute Gasteiger partial charge is 0.435 e. The molecule has 1 aliphatic rings. The predicted molar refractivity (Wildman–Crippen MR) is 81.4 cm³/mol. The molecule has 1 aromatic carbocycles. The van der Waals surface area contributed by atoms with Gasteiger partial charge in [-0.05, 0) is 29.8 Å². The van der Waals surface area contributed by atoms with E-state index in [9.17, 15) is 18.0 Å². The van der Waals surface area contributed by atoms with Gasteiger partial charge in [0.05, 0.1) is 17.5 Å². The molecule has 0 bridgehead atoms. The Morgan fingerprint density at radius 1 is 1.21 bits per heavy atom. The van der Waals surface area contributed by atoms with Gasteiger partial charge in [0.1, 0.15) is 12.4 Å². The van der Waals surface area contributed by atoms with E-state index in [2.05, 4.69) is 10.1 Å². The number of ether oxygens (including phenoxy) is 1. The highest BCUT2D eigenvalue weighted by Gasteiger charge is 2.35. The monoisotopic (exact) mass is 336 g/mol. The first-order valence-electron chi connectivity index (χ1n) is 6.79. The predicted octanol–water partition coefficient (Wildman–Crippen LogP) is 3.29. The molecule has 3 rings (SSSR count). The topological polar surface area (TPSA) is 80.8 Å². The van der Waals surface area contributed by atoms with Crippen molar-refractivity contribution in [1.82, 2.24) is 4.98 Å². The van der Waals surface area contributed by atoms with Gasteiger partial charge in [-0.15, -0.1) is 0 Å². The van der Waals surface area contributed by atoms with Gasteiger partial charge in [0.25, 0.3) is 0 Å². The first-order chi connectivity index (χ1) is 11.4. The van der Waals surface area contributed by atoms with Crippen molar-refractivity contribution in [1.29, 1.82) is 0 Å². The quantitative estimate of drug-likeness (QED) is 0.912. The average Bonchev–Trinajstić information content (AvgIpc) is 2.55. The number of hydrogen-bond acceptors (Lipinski definition) is 5. The van der Waals surface area contributed by atoms with Crippen LogP contribution in [0.2, 0.25) is 0 Å². The molecule has 1 amide bonds. The number of hydrogen-bond donors (Lipinski definition) is 1. The number of carbonyl (C=O) groups is 1. The van der Waals surface area contributed by atoms with E-state index in [4.69, 9.17) is 10.5 Å². The number of nitrogens with two attached hydrogens (primary N) is 1. The third-order valence-electron chi connectivity index (χ3n) is 3.30. The van der Waals surface area contributed by atoms with Crippen LogP contribution < -0.4 is 10.7 Å². The first kappa shape index (κ1) is 15.8. The van der Waals surface area contributed by atoms with Crippen LogP contribution in [-0.2, 0) is 10.9 Å². The first-order valence-corrected chi connectivity index (χ1v) is 6.79. The van der Waals surface area contributed by atoms with Crippen molar-refractivity contribution in [3.8, 4) is 11.1 Å². The summed E-state index contributed by atoms with van der Waals surface area (Å²) in [6.45, 7) is -0.0172. The highest BCUT2D eigenvalue weighted by molar-refractivity contribution is 5.91. The number of nitrogens with zero attached hydrogens (tertiary/aromatic N) is 3. The molecule has 24 heavy (non-hydrogen) atoms. The highest BCUT2D eigenvalue weighted by Crippen LogP contribution is 2.39. The zero-order chi connectivity index (χ0) is 17.3. The Kier molecular flexibility index (Phi) is 3.84. The number of nitrogen functional groups attached to an aromatic ring is 1. The molecule has 0 aliphatic carbocycles. The summed E-state index contributed by atoms with van der Waals surface area (Å²) in [5.41, 5.74) is 4.68. The summed E-state index contributed by atoms with van der Waals surface area (Å²) >= 11 is 0. The van der Waals surface area contributed by atoms with E-state index in [0.29, 0.717) is 0 Å². The maximum atomic E-state index is 13.4. The van der Waals surface area contributed by atoms with E-state index >= 15 is 0 Å². The molecule has 0 saturated carbocycles. The Bertz CT molecular complexity index is 803. The number of alkyl halides is 3. The molecule has 0 unspecified atom stereocenters. The van der Waals surface area contributed by atoms with Crippen molar-refractivity contribution < 1.29 is 22.7 Å². The van der Waals surface area contributed by atoms with E-state index in [0.717, 1.165) is 11.1 Å². The number of hydrazone groups is 1. The van der Waals surface area contributed by atoms with Gasteiger partial charge in [0.15, 0.2) is 0 Å². The fraction of sp³-hybridized carbons (Fsp3) is 0.133. The van der Waals surface area contributed by atoms with Crippen molar-refractivity contribution >= 4 is 23.8 Å². The van der Waals surface area contributed by atoms with Gasteiger partial charge in [-0.1, -0.05) is 6.07 Å². The number of anilines is 2. The van der Waals surface area contributed by atoms with Crippen LogP contribution >= 0.6 is 0 Å². The van der Waals surface area contributed by atoms with Crippen LogP contribution in [0, 0.1) is 0 Å². The lowest BCUT2D eigenvalue weighted by molar-refractivity contribution is -0.137. The van der Waals surface area contributed by atoms with Crippen LogP contribution in [0.25, 0.3) is 11.1 Å². The molecule has 2 N–H and O–H groups in total. The van der Waals surface area contributed by atoms with E-state index in [1.165, 1.54) is 36.7 Å². The summed E-state index contributed by atoms with van der Waals surface area (Å²) in [5, 5.41) is 4.52. The fourth-order valence-electron chi connectivity index (χ4n) is 2.22. The molecule has 1 aromatic heterocycles. The van der Waals surface area contributed by atoms with E-state index < -0.39 is 17.8 Å². The third kappa shape index (κ3) is 3.00. The van der Waals surface area contributed by atoms with Crippen molar-refractivity contribution in [3.05, 3.63) is 42.1 Å². The lowest BCUT2D eigenvalue weighted by Gasteiger charge is -2.22. The number of benzene rings is 1. The second-order valence-corrected chi connectivity index (χ2v) is 4.89.